The van der Waals surface area contributed by atoms with Crippen molar-refractivity contribution in [3.05, 3.63) is 0 Å². The highest BCUT2D eigenvalue weighted by Crippen LogP contribution is 2.37. The Balaban J connectivity index is 1.72. The third-order valence-corrected chi connectivity index (χ3v) is 4.42. The molecule has 2 fully saturated rings. The summed E-state index contributed by atoms with van der Waals surface area (Å²) in [5.74, 6) is 0.106. The Kier molecular flexibility index (Phi) is 5.37. The number of carbonyl (C=O) groups excluding carboxylic acids is 2. The van der Waals surface area contributed by atoms with Crippen LogP contribution >= 0.6 is 0 Å². The van der Waals surface area contributed by atoms with E-state index in [2.05, 4.69) is 5.32 Å². The van der Waals surface area contributed by atoms with Gasteiger partial charge in [0.1, 0.15) is 0 Å². The summed E-state index contributed by atoms with van der Waals surface area (Å²) in [6.45, 7) is 3.31. The molecule has 6 nitrogen and oxygen atoms in total. The fourth-order valence-electron chi connectivity index (χ4n) is 3.02. The van der Waals surface area contributed by atoms with Gasteiger partial charge in [0.2, 0.25) is 11.8 Å². The van der Waals surface area contributed by atoms with Gasteiger partial charge in [-0.2, -0.15) is 0 Å². The smallest absolute Gasteiger partial charge is 0.227 e. The van der Waals surface area contributed by atoms with Crippen molar-refractivity contribution in [1.82, 2.24) is 10.2 Å². The summed E-state index contributed by atoms with van der Waals surface area (Å²) in [5, 5.41) is 2.89. The highest BCUT2D eigenvalue weighted by atomic mass is 16.5. The van der Waals surface area contributed by atoms with E-state index in [1.54, 1.807) is 4.90 Å². The van der Waals surface area contributed by atoms with Gasteiger partial charge >= 0.3 is 0 Å². The molecule has 1 heterocycles. The molecule has 114 valence electrons. The molecule has 0 aromatic rings. The lowest BCUT2D eigenvalue weighted by Crippen LogP contribution is -2.46. The van der Waals surface area contributed by atoms with E-state index in [-0.39, 0.29) is 17.2 Å². The third kappa shape index (κ3) is 3.49. The minimum Gasteiger partial charge on any atom is -0.378 e. The molecule has 3 N–H and O–H groups in total. The van der Waals surface area contributed by atoms with Gasteiger partial charge < -0.3 is 20.7 Å². The third-order valence-electron chi connectivity index (χ3n) is 4.42. The van der Waals surface area contributed by atoms with Crippen molar-refractivity contribution in [2.45, 2.75) is 32.1 Å². The normalized spacial score (nSPS) is 21.8. The maximum Gasteiger partial charge on any atom is 0.227 e. The van der Waals surface area contributed by atoms with Crippen molar-refractivity contribution in [2.75, 3.05) is 39.4 Å². The van der Waals surface area contributed by atoms with Crippen LogP contribution in [0.1, 0.15) is 32.1 Å². The predicted molar refractivity (Wildman–Crippen MR) is 75.0 cm³/mol. The molecule has 0 aromatic heterocycles. The predicted octanol–water partition coefficient (Wildman–Crippen LogP) is -0.129. The Bertz CT molecular complexity index is 348. The number of morpholine rings is 1. The number of hydrogen-bond donors (Lipinski definition) is 2. The van der Waals surface area contributed by atoms with Crippen LogP contribution in [0.4, 0.5) is 0 Å². The van der Waals surface area contributed by atoms with Crippen LogP contribution in [0.3, 0.4) is 0 Å². The van der Waals surface area contributed by atoms with Gasteiger partial charge in [-0.15, -0.1) is 0 Å². The van der Waals surface area contributed by atoms with E-state index in [9.17, 15) is 9.59 Å². The van der Waals surface area contributed by atoms with E-state index in [4.69, 9.17) is 10.5 Å². The first-order chi connectivity index (χ1) is 9.68. The Labute approximate surface area is 120 Å². The van der Waals surface area contributed by atoms with E-state index in [0.717, 1.165) is 25.7 Å². The van der Waals surface area contributed by atoms with Crippen LogP contribution in [0.25, 0.3) is 0 Å². The molecule has 2 aliphatic rings. The van der Waals surface area contributed by atoms with Crippen LogP contribution in [0, 0.1) is 5.41 Å². The number of hydrogen-bond acceptors (Lipinski definition) is 4. The molecule has 0 bridgehead atoms. The van der Waals surface area contributed by atoms with Crippen LogP contribution in [0.5, 0.6) is 0 Å². The zero-order valence-corrected chi connectivity index (χ0v) is 12.0. The molecule has 6 heteroatoms. The molecule has 0 aromatic carbocycles. The van der Waals surface area contributed by atoms with Gasteiger partial charge in [-0.05, 0) is 12.8 Å². The first kappa shape index (κ1) is 15.3. The zero-order valence-electron chi connectivity index (χ0n) is 12.0. The first-order valence-electron chi connectivity index (χ1n) is 7.52. The Morgan fingerprint density at radius 2 is 1.85 bits per heavy atom. The van der Waals surface area contributed by atoms with E-state index < -0.39 is 0 Å². The molecule has 2 rings (SSSR count). The molecule has 2 amide bonds. The summed E-state index contributed by atoms with van der Waals surface area (Å²) in [5.41, 5.74) is 5.38. The molecule has 0 radical (unpaired) electrons. The number of ether oxygens (including phenoxy) is 1. The highest BCUT2D eigenvalue weighted by molar-refractivity contribution is 5.84. The second kappa shape index (κ2) is 7.04. The quantitative estimate of drug-likeness (QED) is 0.736. The maximum absolute atomic E-state index is 12.2. The molecular formula is C14H25N3O3. The summed E-state index contributed by atoms with van der Waals surface area (Å²) in [7, 11) is 0. The average Bonchev–Trinajstić information content (AvgIpc) is 2.98. The second-order valence-electron chi connectivity index (χ2n) is 5.69. The van der Waals surface area contributed by atoms with Gasteiger partial charge in [0.15, 0.2) is 0 Å². The van der Waals surface area contributed by atoms with E-state index in [0.29, 0.717) is 45.8 Å². The summed E-state index contributed by atoms with van der Waals surface area (Å²) in [4.78, 5) is 26.0. The van der Waals surface area contributed by atoms with E-state index >= 15 is 0 Å². The average molecular weight is 283 g/mol. The number of nitrogens with zero attached hydrogens (tertiary/aromatic N) is 1. The van der Waals surface area contributed by atoms with Gasteiger partial charge in [0.05, 0.1) is 18.6 Å². The number of carbonyl (C=O) groups is 2. The van der Waals surface area contributed by atoms with Crippen molar-refractivity contribution in [3.63, 3.8) is 0 Å². The molecule has 0 atom stereocenters. The summed E-state index contributed by atoms with van der Waals surface area (Å²) in [6, 6.07) is 0. The lowest BCUT2D eigenvalue weighted by atomic mass is 9.85. The fourth-order valence-corrected chi connectivity index (χ4v) is 3.02. The molecule has 1 saturated carbocycles. The van der Waals surface area contributed by atoms with Crippen LogP contribution in [0.15, 0.2) is 0 Å². The van der Waals surface area contributed by atoms with E-state index in [1.165, 1.54) is 0 Å². The summed E-state index contributed by atoms with van der Waals surface area (Å²) >= 11 is 0. The Morgan fingerprint density at radius 3 is 2.45 bits per heavy atom. The number of nitrogens with one attached hydrogen (secondary N) is 1. The van der Waals surface area contributed by atoms with Gasteiger partial charge in [-0.3, -0.25) is 9.59 Å². The molecular weight excluding hydrogens is 258 g/mol. The summed E-state index contributed by atoms with van der Waals surface area (Å²) < 4.78 is 5.21. The number of nitrogens with two attached hydrogens (primary N) is 1. The van der Waals surface area contributed by atoms with Crippen molar-refractivity contribution < 1.29 is 14.3 Å². The molecule has 0 spiro atoms. The van der Waals surface area contributed by atoms with Crippen molar-refractivity contribution >= 4 is 11.8 Å². The highest BCUT2D eigenvalue weighted by Gasteiger charge is 2.39. The van der Waals surface area contributed by atoms with Crippen molar-refractivity contribution in [3.8, 4) is 0 Å². The topological polar surface area (TPSA) is 84.7 Å². The second-order valence-corrected chi connectivity index (χ2v) is 5.69. The minimum atomic E-state index is -0.387. The SMILES string of the molecule is NCC1(C(=O)NCCC(=O)N2CCOCC2)CCCC1. The van der Waals surface area contributed by atoms with Gasteiger partial charge in [0, 0.05) is 32.6 Å². The van der Waals surface area contributed by atoms with E-state index in [1.807, 2.05) is 0 Å². The lowest BCUT2D eigenvalue weighted by Gasteiger charge is -2.28. The van der Waals surface area contributed by atoms with Crippen LogP contribution in [-0.2, 0) is 14.3 Å². The zero-order chi connectivity index (χ0) is 14.4. The van der Waals surface area contributed by atoms with Crippen molar-refractivity contribution in [2.24, 2.45) is 11.1 Å². The molecule has 0 unspecified atom stereocenters. The largest absolute Gasteiger partial charge is 0.378 e. The monoisotopic (exact) mass is 283 g/mol. The standard InChI is InChI=1S/C14H25N3O3/c15-11-14(4-1-2-5-14)13(19)16-6-3-12(18)17-7-9-20-10-8-17/h1-11,15H2,(H,16,19). The maximum atomic E-state index is 12.2. The van der Waals surface area contributed by atoms with Gasteiger partial charge in [-0.25, -0.2) is 0 Å². The van der Waals surface area contributed by atoms with Crippen LogP contribution in [0.2, 0.25) is 0 Å². The Hall–Kier alpha value is -1.14. The first-order valence-corrected chi connectivity index (χ1v) is 7.52. The van der Waals surface area contributed by atoms with Crippen LogP contribution in [-0.4, -0.2) is 56.1 Å². The van der Waals surface area contributed by atoms with Gasteiger partial charge in [0.25, 0.3) is 0 Å². The summed E-state index contributed by atoms with van der Waals surface area (Å²) in [6.07, 6.45) is 4.22. The molecule has 1 aliphatic carbocycles. The molecule has 1 aliphatic heterocycles. The minimum absolute atomic E-state index is 0.0206. The van der Waals surface area contributed by atoms with Gasteiger partial charge in [-0.1, -0.05) is 12.8 Å². The lowest BCUT2D eigenvalue weighted by molar-refractivity contribution is -0.135. The number of rotatable bonds is 5. The molecule has 20 heavy (non-hydrogen) atoms. The van der Waals surface area contributed by atoms with Crippen LogP contribution < -0.4 is 11.1 Å². The fraction of sp³-hybridized carbons (Fsp3) is 0.857. The molecule has 1 saturated heterocycles. The number of amides is 2. The van der Waals surface area contributed by atoms with Crippen molar-refractivity contribution in [1.29, 1.82) is 0 Å². The Morgan fingerprint density at radius 1 is 1.20 bits per heavy atom.